The fourth-order valence-corrected chi connectivity index (χ4v) is 18.6. The first-order valence-electron chi connectivity index (χ1n) is 35.0. The van der Waals surface area contributed by atoms with E-state index in [1.165, 1.54) is 17.7 Å². The summed E-state index contributed by atoms with van der Waals surface area (Å²) in [6.45, 7) is 14.3. The number of urea groups is 1. The van der Waals surface area contributed by atoms with Gasteiger partial charge in [0.15, 0.2) is 28.6 Å². The summed E-state index contributed by atoms with van der Waals surface area (Å²) >= 11 is 1.09. The average Bonchev–Trinajstić information content (AvgIpc) is 1.35. The molecule has 5 aliphatic rings. The number of hydrogen-bond acceptors (Lipinski definition) is 15. The van der Waals surface area contributed by atoms with Crippen molar-refractivity contribution in [3.8, 4) is 5.69 Å². The molecule has 3 saturated carbocycles. The highest BCUT2D eigenvalue weighted by Crippen LogP contribution is 2.77. The van der Waals surface area contributed by atoms with Crippen molar-refractivity contribution in [2.75, 3.05) is 25.1 Å². The fourth-order valence-electron chi connectivity index (χ4n) is 16.3. The normalized spacial score (nSPS) is 28.1. The van der Waals surface area contributed by atoms with Crippen LogP contribution in [0.3, 0.4) is 0 Å². The molecular formula is C73H103F2N6O13PS. The summed E-state index contributed by atoms with van der Waals surface area (Å²) < 4.78 is 67.5. The summed E-state index contributed by atoms with van der Waals surface area (Å²) in [5, 5.41) is 26.2. The number of nitrogens with one attached hydrogen (secondary N) is 2. The molecule has 2 aromatic carbocycles. The number of Topliss-reactive ketones (excluding diaryl/α,β-unsaturated/α-hetero) is 2. The molecule has 1 aromatic heterocycles. The van der Waals surface area contributed by atoms with E-state index in [1.807, 2.05) is 44.5 Å². The molecule has 13 atom stereocenters. The van der Waals surface area contributed by atoms with Gasteiger partial charge in [-0.1, -0.05) is 159 Å². The summed E-state index contributed by atoms with van der Waals surface area (Å²) in [5.74, 6) is -4.19. The topological polar surface area (TPSA) is 286 Å². The summed E-state index contributed by atoms with van der Waals surface area (Å²) in [6.07, 6.45) is 11.8. The van der Waals surface area contributed by atoms with Crippen LogP contribution in [0.15, 0.2) is 72.3 Å². The van der Waals surface area contributed by atoms with Gasteiger partial charge in [-0.05, 0) is 135 Å². The van der Waals surface area contributed by atoms with Crippen molar-refractivity contribution in [3.05, 3.63) is 100 Å². The SMILES string of the molecule is CCC(=O)O[C@]1(C(=O)SCCCCCCCCCCP(=O)(O)OCc2ccc(CC(=O)[C@H](CCCNC(N)=O)NC(=O)[C@@H](CC(=O)COC3CCCCCc4c3nnn4-c3ccc(CC)cc3)C(C)C)cc2)[C@H](C)C[C@@]2(C)[C@@H]3C[C@H](F)C4=CC(=O)C=C[C@]4(C)[C@@]3(F)[C@@H](O)C[C@@]21C. The van der Waals surface area contributed by atoms with Crippen molar-refractivity contribution in [3.63, 3.8) is 0 Å². The maximum atomic E-state index is 18.1. The van der Waals surface area contributed by atoms with Gasteiger partial charge in [0.2, 0.25) is 11.0 Å². The zero-order valence-corrected chi connectivity index (χ0v) is 59.2. The van der Waals surface area contributed by atoms with Gasteiger partial charge in [-0.25, -0.2) is 18.3 Å². The number of alkyl halides is 2. The highest BCUT2D eigenvalue weighted by atomic mass is 32.2. The van der Waals surface area contributed by atoms with Crippen LogP contribution in [0.1, 0.15) is 212 Å². The van der Waals surface area contributed by atoms with E-state index in [4.69, 9.17) is 19.7 Å². The second-order valence-corrected chi connectivity index (χ2v) is 31.6. The summed E-state index contributed by atoms with van der Waals surface area (Å²) in [4.78, 5) is 104. The third kappa shape index (κ3) is 16.7. The Bertz CT molecular complexity index is 3370. The smallest absolute Gasteiger partial charge is 0.328 e. The third-order valence-electron chi connectivity index (χ3n) is 22.0. The lowest BCUT2D eigenvalue weighted by atomic mass is 9.40. The average molecular weight is 1370 g/mol. The Morgan fingerprint density at radius 1 is 0.896 bits per heavy atom. The zero-order chi connectivity index (χ0) is 69.8. The number of aromatic nitrogens is 3. The molecule has 23 heteroatoms. The molecule has 0 aliphatic heterocycles. The van der Waals surface area contributed by atoms with E-state index < -0.39 is 101 Å². The number of aliphatic hydroxyl groups excluding tert-OH is 1. The van der Waals surface area contributed by atoms with Gasteiger partial charge in [0.05, 0.1) is 30.1 Å². The minimum absolute atomic E-state index is 0.00159. The summed E-state index contributed by atoms with van der Waals surface area (Å²) in [7, 11) is -3.93. The van der Waals surface area contributed by atoms with E-state index >= 15 is 8.78 Å². The Morgan fingerprint density at radius 3 is 2.23 bits per heavy atom. The fraction of sp³-hybridized carbons (Fsp3) is 0.658. The third-order valence-corrected chi connectivity index (χ3v) is 24.4. The van der Waals surface area contributed by atoms with Gasteiger partial charge in [0.1, 0.15) is 24.6 Å². The number of unbranched alkanes of at least 4 members (excludes halogenated alkanes) is 7. The first kappa shape index (κ1) is 76.0. The Balaban J connectivity index is 0.748. The highest BCUT2D eigenvalue weighted by Gasteiger charge is 2.82. The van der Waals surface area contributed by atoms with Gasteiger partial charge in [-0.3, -0.25) is 33.3 Å². The maximum Gasteiger partial charge on any atom is 0.328 e. The molecule has 5 aliphatic carbocycles. The monoisotopic (exact) mass is 1370 g/mol. The van der Waals surface area contributed by atoms with E-state index in [2.05, 4.69) is 40.0 Å². The zero-order valence-electron chi connectivity index (χ0n) is 57.5. The number of esters is 1. The van der Waals surface area contributed by atoms with Crippen molar-refractivity contribution >= 4 is 59.7 Å². The van der Waals surface area contributed by atoms with Crippen LogP contribution in [-0.2, 0) is 73.2 Å². The summed E-state index contributed by atoms with van der Waals surface area (Å²) in [6, 6.07) is 13.5. The van der Waals surface area contributed by atoms with Crippen LogP contribution in [-0.4, -0.2) is 120 Å². The van der Waals surface area contributed by atoms with Crippen LogP contribution in [0.2, 0.25) is 0 Å². The molecule has 3 fully saturated rings. The summed E-state index contributed by atoms with van der Waals surface area (Å²) in [5.41, 5.74) is 2.41. The number of ether oxygens (including phenoxy) is 2. The standard InChI is InChI=1S/C73H103F2N6O13PS/c1-9-49-30-32-52(33-31-49)81-59-24-18-17-19-25-61(65(59)79-80-81)92-46-54(83)40-55(47(3)4)66(87)78-58(23-22-36-77-68(76)89)60(84)39-50-26-28-51(29-27-50)45-93-95(90,91)37-20-15-13-11-12-14-16-21-38-96-67(88)73(94-64(86)10-2)48(5)43-70(7)62-42-57(74)56-41-53(82)34-35-69(56,6)72(62,75)63(85)44-71(70,73)8/h26-35,41,47-48,55,57-58,61-63,85H,9-25,36-40,42-46H2,1-8H3,(H,78,87)(H,90,91)(H3,76,77,89)/t48-,55+,57+,58+,61?,62+,63+,69+,70+,71+,72+,73+/m1/s1. The number of carbonyl (C=O) groups excluding carboxylic acids is 7. The number of primary amides is 1. The molecular weight excluding hydrogens is 1270 g/mol. The van der Waals surface area contributed by atoms with Crippen molar-refractivity contribution in [1.82, 2.24) is 25.6 Å². The van der Waals surface area contributed by atoms with Gasteiger partial charge < -0.3 is 40.4 Å². The van der Waals surface area contributed by atoms with Gasteiger partial charge in [0.25, 0.3) is 0 Å². The minimum atomic E-state index is -3.93. The predicted molar refractivity (Wildman–Crippen MR) is 364 cm³/mol. The molecule has 0 spiro atoms. The van der Waals surface area contributed by atoms with Crippen molar-refractivity contribution < 1.29 is 70.9 Å². The number of aryl methyl sites for hydroxylation is 1. The number of carbonyl (C=O) groups is 7. The van der Waals surface area contributed by atoms with Crippen LogP contribution in [0.5, 0.6) is 0 Å². The second-order valence-electron chi connectivity index (χ2n) is 28.6. The quantitative estimate of drug-likeness (QED) is 0.0211. The lowest BCUT2D eigenvalue weighted by molar-refractivity contribution is -0.254. The predicted octanol–water partition coefficient (Wildman–Crippen LogP) is 12.7. The molecule has 0 bridgehead atoms. The number of halogens is 2. The molecule has 3 amide bonds. The number of nitrogens with zero attached hydrogens (tertiary/aromatic N) is 3. The van der Waals surface area contributed by atoms with E-state index in [0.717, 1.165) is 106 Å². The molecule has 3 aromatic rings. The first-order valence-corrected chi connectivity index (χ1v) is 37.8. The number of rotatable bonds is 34. The molecule has 96 heavy (non-hydrogen) atoms. The number of fused-ring (bicyclic) bond motifs is 6. The van der Waals surface area contributed by atoms with Crippen LogP contribution in [0.4, 0.5) is 13.6 Å². The number of thioether (sulfide) groups is 1. The number of nitrogens with two attached hydrogens (primary N) is 1. The van der Waals surface area contributed by atoms with Gasteiger partial charge in [-0.15, -0.1) is 5.10 Å². The number of ketones is 3. The first-order chi connectivity index (χ1) is 45.6. The van der Waals surface area contributed by atoms with E-state index in [1.54, 1.807) is 45.0 Å². The van der Waals surface area contributed by atoms with Crippen LogP contribution < -0.4 is 16.4 Å². The van der Waals surface area contributed by atoms with Gasteiger partial charge >= 0.3 is 19.6 Å². The van der Waals surface area contributed by atoms with E-state index in [0.29, 0.717) is 42.6 Å². The lowest BCUT2D eigenvalue weighted by Gasteiger charge is -2.66. The second kappa shape index (κ2) is 32.9. The Morgan fingerprint density at radius 2 is 1.56 bits per heavy atom. The Labute approximate surface area is 569 Å². The molecule has 8 rings (SSSR count). The van der Waals surface area contributed by atoms with E-state index in [9.17, 15) is 48.1 Å². The van der Waals surface area contributed by atoms with E-state index in [-0.39, 0.29) is 99.0 Å². The number of benzene rings is 2. The highest BCUT2D eigenvalue weighted by molar-refractivity contribution is 8.13. The number of amides is 3. The molecule has 2 unspecified atom stereocenters. The minimum Gasteiger partial charge on any atom is -0.449 e. The Kier molecular flexibility index (Phi) is 26.1. The molecule has 0 saturated heterocycles. The van der Waals surface area contributed by atoms with Crippen molar-refractivity contribution in [2.45, 2.75) is 239 Å². The molecule has 0 radical (unpaired) electrons. The lowest BCUT2D eigenvalue weighted by Crippen LogP contribution is -2.73. The molecule has 528 valence electrons. The van der Waals surface area contributed by atoms with Crippen LogP contribution >= 0.6 is 19.4 Å². The van der Waals surface area contributed by atoms with Crippen LogP contribution in [0.25, 0.3) is 5.69 Å². The molecule has 1 heterocycles. The van der Waals surface area contributed by atoms with Crippen LogP contribution in [0, 0.1) is 39.9 Å². The molecule has 6 N–H and O–H groups in total. The molecule has 19 nitrogen and oxygen atoms in total. The van der Waals surface area contributed by atoms with Gasteiger partial charge in [0, 0.05) is 66.3 Å². The van der Waals surface area contributed by atoms with Crippen molar-refractivity contribution in [1.29, 1.82) is 0 Å². The van der Waals surface area contributed by atoms with Crippen molar-refractivity contribution in [2.24, 2.45) is 45.7 Å². The Hall–Kier alpha value is -5.77. The maximum absolute atomic E-state index is 18.1. The number of aliphatic hydroxyl groups is 1. The number of hydrogen-bond donors (Lipinski definition) is 5. The number of allylic oxidation sites excluding steroid dienone is 4. The largest absolute Gasteiger partial charge is 0.449 e. The van der Waals surface area contributed by atoms with Gasteiger partial charge in [-0.2, -0.15) is 0 Å².